The van der Waals surface area contributed by atoms with Crippen LogP contribution in [0.25, 0.3) is 0 Å². The van der Waals surface area contributed by atoms with Crippen LogP contribution in [-0.4, -0.2) is 94.8 Å². The fraction of sp³-hybridized carbons (Fsp3) is 0.658. The number of nitrogens with two attached hydrogens (primary N) is 1. The first-order valence-corrected chi connectivity index (χ1v) is 17.8. The first-order valence-electron chi connectivity index (χ1n) is 17.8. The molecule has 2 N–H and O–H groups in total. The Balaban J connectivity index is 1.73. The van der Waals surface area contributed by atoms with Crippen LogP contribution < -0.4 is 5.73 Å². The van der Waals surface area contributed by atoms with Crippen LogP contribution >= 0.6 is 0 Å². The maximum atomic E-state index is 14.1. The zero-order valence-electron chi connectivity index (χ0n) is 30.8. The van der Waals surface area contributed by atoms with Gasteiger partial charge in [0.1, 0.15) is 5.78 Å². The van der Waals surface area contributed by atoms with Gasteiger partial charge in [-0.2, -0.15) is 0 Å². The molecule has 1 aromatic heterocycles. The molecular formula is C38H59N5O6. The summed E-state index contributed by atoms with van der Waals surface area (Å²) in [4.78, 5) is 62.3. The molecular weight excluding hydrogens is 622 g/mol. The van der Waals surface area contributed by atoms with Gasteiger partial charge in [0.25, 0.3) is 0 Å². The molecule has 11 nitrogen and oxygen atoms in total. The van der Waals surface area contributed by atoms with E-state index in [4.69, 9.17) is 15.2 Å². The van der Waals surface area contributed by atoms with Gasteiger partial charge in [0.2, 0.25) is 11.8 Å². The minimum atomic E-state index is -0.568. The molecule has 272 valence electrons. The number of rotatable bonds is 20. The second kappa shape index (κ2) is 19.0. The second-order valence-corrected chi connectivity index (χ2v) is 14.1. The number of hydrogen-bond donors (Lipinski definition) is 1. The van der Waals surface area contributed by atoms with Crippen molar-refractivity contribution in [3.8, 4) is 0 Å². The summed E-state index contributed by atoms with van der Waals surface area (Å²) >= 11 is 0. The van der Waals surface area contributed by atoms with Crippen molar-refractivity contribution in [1.82, 2.24) is 19.4 Å². The first-order chi connectivity index (χ1) is 23.3. The molecule has 0 bridgehead atoms. The number of benzene rings is 1. The number of carbonyl (C=O) groups is 4. The number of anilines is 1. The van der Waals surface area contributed by atoms with Gasteiger partial charge >= 0.3 is 0 Å². The van der Waals surface area contributed by atoms with Crippen molar-refractivity contribution in [2.75, 3.05) is 33.5 Å². The van der Waals surface area contributed by atoms with Crippen LogP contribution in [0.15, 0.2) is 43.0 Å². The van der Waals surface area contributed by atoms with Crippen molar-refractivity contribution < 1.29 is 28.7 Å². The number of ketones is 2. The van der Waals surface area contributed by atoms with Crippen molar-refractivity contribution in [2.45, 2.75) is 110 Å². The highest BCUT2D eigenvalue weighted by molar-refractivity contribution is 5.99. The van der Waals surface area contributed by atoms with Crippen LogP contribution in [0.5, 0.6) is 0 Å². The van der Waals surface area contributed by atoms with Gasteiger partial charge in [-0.3, -0.25) is 19.2 Å². The molecule has 0 aliphatic carbocycles. The minimum Gasteiger partial charge on any atom is -0.399 e. The maximum Gasteiger partial charge on any atom is 0.226 e. The molecule has 2 aromatic rings. The normalized spacial score (nSPS) is 18.5. The lowest BCUT2D eigenvalue weighted by Gasteiger charge is -2.40. The monoisotopic (exact) mass is 681 g/mol. The number of methoxy groups -OCH3 is 2. The molecule has 1 aromatic carbocycles. The number of ether oxygens (including phenoxy) is 2. The Morgan fingerprint density at radius 1 is 1.04 bits per heavy atom. The van der Waals surface area contributed by atoms with Gasteiger partial charge in [0, 0.05) is 82.7 Å². The fourth-order valence-electron chi connectivity index (χ4n) is 7.28. The molecule has 1 aliphatic heterocycles. The molecule has 11 heteroatoms. The number of amides is 2. The number of nitrogens with zero attached hydrogens (tertiary/aromatic N) is 4. The predicted octanol–water partition coefficient (Wildman–Crippen LogP) is 5.28. The topological polar surface area (TPSA) is 137 Å². The molecule has 49 heavy (non-hydrogen) atoms. The van der Waals surface area contributed by atoms with E-state index < -0.39 is 24.2 Å². The third-order valence-electron chi connectivity index (χ3n) is 10.5. The number of Topliss-reactive ketones (excluding diaryl/α,β-unsaturated/α-hetero) is 2. The van der Waals surface area contributed by atoms with E-state index in [1.54, 1.807) is 63.0 Å². The van der Waals surface area contributed by atoms with Crippen LogP contribution in [0.1, 0.15) is 89.9 Å². The number of carbonyl (C=O) groups excluding carboxylic acids is 4. The number of hydrogen-bond acceptors (Lipinski definition) is 8. The molecule has 2 heterocycles. The summed E-state index contributed by atoms with van der Waals surface area (Å²) in [5.41, 5.74) is 6.90. The summed E-state index contributed by atoms with van der Waals surface area (Å²) in [5, 5.41) is 0. The third kappa shape index (κ3) is 10.5. The molecule has 0 spiro atoms. The summed E-state index contributed by atoms with van der Waals surface area (Å²) in [6.07, 6.45) is 7.98. The Morgan fingerprint density at radius 2 is 1.73 bits per heavy atom. The third-order valence-corrected chi connectivity index (χ3v) is 10.5. The van der Waals surface area contributed by atoms with Crippen molar-refractivity contribution in [1.29, 1.82) is 0 Å². The Bertz CT molecular complexity index is 1350. The Labute approximate surface area is 292 Å². The number of aryl methyl sites for hydroxylation is 1. The van der Waals surface area contributed by atoms with E-state index >= 15 is 0 Å². The highest BCUT2D eigenvalue weighted by Crippen LogP contribution is 2.31. The molecule has 2 amide bonds. The number of aromatic nitrogens is 2. The molecule has 0 saturated carbocycles. The SMILES string of the molecule is CC[C@H](C)[C@@H]([C@@H](CC(=O)N1CCC[C@H]1[C@H](OC)[C@@H](C)C(=O)CCCn1ccnc1)OC)N(C)C(=O)[C@@H](CC(=O)c1ccc(N)cc1)C(C)C. The molecule has 1 fully saturated rings. The summed E-state index contributed by atoms with van der Waals surface area (Å²) in [7, 11) is 4.96. The lowest BCUT2D eigenvalue weighted by molar-refractivity contribution is -0.148. The van der Waals surface area contributed by atoms with Gasteiger partial charge in [0.15, 0.2) is 5.78 Å². The lowest BCUT2D eigenvalue weighted by Crippen LogP contribution is -2.54. The van der Waals surface area contributed by atoms with Crippen LogP contribution in [0.3, 0.4) is 0 Å². The highest BCUT2D eigenvalue weighted by Gasteiger charge is 2.42. The first kappa shape index (κ1) is 39.9. The Kier molecular flexibility index (Phi) is 15.4. The largest absolute Gasteiger partial charge is 0.399 e. The van der Waals surface area contributed by atoms with Crippen molar-refractivity contribution in [3.63, 3.8) is 0 Å². The van der Waals surface area contributed by atoms with Gasteiger partial charge in [0.05, 0.1) is 37.0 Å². The number of nitrogen functional groups attached to an aromatic ring is 1. The zero-order chi connectivity index (χ0) is 36.2. The van der Waals surface area contributed by atoms with E-state index in [1.807, 2.05) is 36.4 Å². The molecule has 0 radical (unpaired) electrons. The summed E-state index contributed by atoms with van der Waals surface area (Å²) in [6, 6.07) is 6.14. The highest BCUT2D eigenvalue weighted by atomic mass is 16.5. The lowest BCUT2D eigenvalue weighted by atomic mass is 9.85. The van der Waals surface area contributed by atoms with Crippen molar-refractivity contribution in [2.24, 2.45) is 23.7 Å². The molecule has 7 atom stereocenters. The average molecular weight is 682 g/mol. The molecule has 1 saturated heterocycles. The van der Waals surface area contributed by atoms with Gasteiger partial charge < -0.3 is 29.6 Å². The van der Waals surface area contributed by atoms with E-state index in [2.05, 4.69) is 18.8 Å². The quantitative estimate of drug-likeness (QED) is 0.147. The van der Waals surface area contributed by atoms with E-state index in [9.17, 15) is 19.2 Å². The number of imidazole rings is 1. The van der Waals surface area contributed by atoms with Gasteiger partial charge in [-0.15, -0.1) is 0 Å². The second-order valence-electron chi connectivity index (χ2n) is 14.1. The van der Waals surface area contributed by atoms with Crippen LogP contribution in [0, 0.1) is 23.7 Å². The fourth-order valence-corrected chi connectivity index (χ4v) is 7.28. The van der Waals surface area contributed by atoms with E-state index in [-0.39, 0.29) is 60.0 Å². The van der Waals surface area contributed by atoms with E-state index in [0.717, 1.165) is 19.3 Å². The predicted molar refractivity (Wildman–Crippen MR) is 191 cm³/mol. The number of likely N-dealkylation sites (tertiary alicyclic amines) is 1. The minimum absolute atomic E-state index is 0.0216. The van der Waals surface area contributed by atoms with E-state index in [1.165, 1.54) is 0 Å². The molecule has 3 rings (SSSR count). The van der Waals surface area contributed by atoms with Crippen LogP contribution in [-0.2, 0) is 30.4 Å². The summed E-state index contributed by atoms with van der Waals surface area (Å²) in [6.45, 7) is 11.2. The number of likely N-dealkylation sites (N-methyl/N-ethyl adjacent to an activating group) is 1. The zero-order valence-corrected chi connectivity index (χ0v) is 30.8. The van der Waals surface area contributed by atoms with Gasteiger partial charge in [-0.05, 0) is 55.4 Å². The van der Waals surface area contributed by atoms with Crippen molar-refractivity contribution >= 4 is 29.1 Å². The van der Waals surface area contributed by atoms with E-state index in [0.29, 0.717) is 37.2 Å². The molecule has 0 unspecified atom stereocenters. The smallest absolute Gasteiger partial charge is 0.226 e. The van der Waals surface area contributed by atoms with Crippen LogP contribution in [0.2, 0.25) is 0 Å². The van der Waals surface area contributed by atoms with Crippen molar-refractivity contribution in [3.05, 3.63) is 48.5 Å². The summed E-state index contributed by atoms with van der Waals surface area (Å²) < 4.78 is 13.9. The Morgan fingerprint density at radius 3 is 2.31 bits per heavy atom. The standard InChI is InChI=1S/C38H59N5O6/c1-9-26(4)36(41(6)38(47)30(25(2)3)22-33(45)28-14-16-29(39)17-15-28)34(48-7)23-35(46)43-20-10-12-31(43)37(49-8)27(5)32(44)13-11-19-42-21-18-40-24-42/h14-18,21,24-27,30-31,34,36-37H,9-13,19-20,22-23,39H2,1-8H3/t26-,27-,30-,31-,34+,36-,37+/m0/s1. The summed E-state index contributed by atoms with van der Waals surface area (Å²) in [5.74, 6) is -1.19. The molecule has 1 aliphatic rings. The average Bonchev–Trinajstić information content (AvgIpc) is 3.79. The van der Waals surface area contributed by atoms with Crippen LogP contribution in [0.4, 0.5) is 5.69 Å². The maximum absolute atomic E-state index is 14.1. The Hall–Kier alpha value is -3.57. The van der Waals surface area contributed by atoms with Gasteiger partial charge in [-0.1, -0.05) is 41.0 Å². The van der Waals surface area contributed by atoms with Gasteiger partial charge in [-0.25, -0.2) is 4.98 Å².